The number of likely N-dealkylation sites (N-methyl/N-ethyl adjacent to an activating group) is 1. The van der Waals surface area contributed by atoms with E-state index in [1.54, 1.807) is 0 Å². The van der Waals surface area contributed by atoms with Gasteiger partial charge in [-0.3, -0.25) is 4.90 Å². The minimum Gasteiger partial charge on any atom is -0.305 e. The van der Waals surface area contributed by atoms with Crippen LogP contribution < -0.4 is 5.32 Å². The van der Waals surface area contributed by atoms with Crippen molar-refractivity contribution < 1.29 is 0 Å². The van der Waals surface area contributed by atoms with Crippen molar-refractivity contribution in [3.8, 4) is 12.3 Å². The molecule has 0 aromatic rings. The van der Waals surface area contributed by atoms with Gasteiger partial charge in [0.1, 0.15) is 0 Å². The third-order valence-electron chi connectivity index (χ3n) is 3.33. The van der Waals surface area contributed by atoms with Crippen LogP contribution >= 0.6 is 0 Å². The molecule has 0 saturated carbocycles. The molecule has 16 heavy (non-hydrogen) atoms. The van der Waals surface area contributed by atoms with E-state index in [9.17, 15) is 0 Å². The van der Waals surface area contributed by atoms with E-state index in [1.165, 1.54) is 26.1 Å². The van der Waals surface area contributed by atoms with E-state index in [1.807, 2.05) is 0 Å². The van der Waals surface area contributed by atoms with Crippen LogP contribution in [0.5, 0.6) is 0 Å². The zero-order chi connectivity index (χ0) is 12.0. The first-order valence-electron chi connectivity index (χ1n) is 6.23. The van der Waals surface area contributed by atoms with Crippen LogP contribution in [0.3, 0.4) is 0 Å². The normalized spacial score (nSPS) is 26.0. The number of terminal acetylenes is 1. The van der Waals surface area contributed by atoms with Crippen LogP contribution in [0.2, 0.25) is 0 Å². The van der Waals surface area contributed by atoms with E-state index in [0.717, 1.165) is 6.54 Å². The number of nitrogens with one attached hydrogen (secondary N) is 1. The molecule has 2 atom stereocenters. The Hall–Kier alpha value is -0.560. The van der Waals surface area contributed by atoms with E-state index in [4.69, 9.17) is 6.42 Å². The molecular weight excluding hydrogens is 198 g/mol. The van der Waals surface area contributed by atoms with Crippen molar-refractivity contribution in [2.45, 2.75) is 32.4 Å². The molecule has 1 aliphatic heterocycles. The predicted octanol–water partition coefficient (Wildman–Crippen LogP) is 0.624. The van der Waals surface area contributed by atoms with Crippen LogP contribution in [0.15, 0.2) is 0 Å². The quantitative estimate of drug-likeness (QED) is 0.557. The van der Waals surface area contributed by atoms with E-state index in [0.29, 0.717) is 18.6 Å². The van der Waals surface area contributed by atoms with Gasteiger partial charge in [-0.1, -0.05) is 5.92 Å². The fourth-order valence-electron chi connectivity index (χ4n) is 2.52. The molecular formula is C13H25N3. The van der Waals surface area contributed by atoms with Gasteiger partial charge in [0.2, 0.25) is 0 Å². The Balaban J connectivity index is 2.40. The Bertz CT molecular complexity index is 234. The lowest BCUT2D eigenvalue weighted by Crippen LogP contribution is -2.47. The molecule has 1 fully saturated rings. The van der Waals surface area contributed by atoms with E-state index in [2.05, 4.69) is 41.9 Å². The third kappa shape index (κ3) is 4.13. The largest absolute Gasteiger partial charge is 0.305 e. The fourth-order valence-corrected chi connectivity index (χ4v) is 2.52. The lowest BCUT2D eigenvalue weighted by atomic mass is 10.2. The lowest BCUT2D eigenvalue weighted by Gasteiger charge is -2.33. The number of rotatable bonds is 4. The molecule has 3 heteroatoms. The summed E-state index contributed by atoms with van der Waals surface area (Å²) in [5.74, 6) is 2.62. The van der Waals surface area contributed by atoms with Crippen molar-refractivity contribution in [2.24, 2.45) is 0 Å². The molecule has 0 spiro atoms. The lowest BCUT2D eigenvalue weighted by molar-refractivity contribution is 0.151. The summed E-state index contributed by atoms with van der Waals surface area (Å²) in [6.07, 6.45) is 6.50. The molecule has 0 amide bonds. The first-order valence-corrected chi connectivity index (χ1v) is 6.23. The summed E-state index contributed by atoms with van der Waals surface area (Å²) in [5.41, 5.74) is 0. The standard InChI is InChI=1S/C13H25N3/c1-5-7-14-10-12(2)16-9-6-8-15(4)11-13(16)3/h1,12-14H,6-11H2,2-4H3. The summed E-state index contributed by atoms with van der Waals surface area (Å²) in [6, 6.07) is 1.20. The minimum absolute atomic E-state index is 0.565. The minimum atomic E-state index is 0.565. The highest BCUT2D eigenvalue weighted by Crippen LogP contribution is 2.11. The summed E-state index contributed by atoms with van der Waals surface area (Å²) < 4.78 is 0. The second-order valence-corrected chi connectivity index (χ2v) is 4.89. The molecule has 0 aliphatic carbocycles. The molecule has 1 heterocycles. The second kappa shape index (κ2) is 6.90. The second-order valence-electron chi connectivity index (χ2n) is 4.89. The van der Waals surface area contributed by atoms with Crippen molar-refractivity contribution in [2.75, 3.05) is 39.8 Å². The van der Waals surface area contributed by atoms with Gasteiger partial charge in [0, 0.05) is 31.7 Å². The summed E-state index contributed by atoms with van der Waals surface area (Å²) in [5, 5.41) is 3.29. The highest BCUT2D eigenvalue weighted by molar-refractivity contribution is 4.88. The number of hydrogen-bond donors (Lipinski definition) is 1. The molecule has 0 aromatic heterocycles. The van der Waals surface area contributed by atoms with Crippen LogP contribution in [0.4, 0.5) is 0 Å². The average Bonchev–Trinajstić information content (AvgIpc) is 2.39. The Morgan fingerprint density at radius 3 is 2.94 bits per heavy atom. The first-order chi connectivity index (χ1) is 7.65. The van der Waals surface area contributed by atoms with Gasteiger partial charge in [-0.25, -0.2) is 0 Å². The van der Waals surface area contributed by atoms with Gasteiger partial charge >= 0.3 is 0 Å². The van der Waals surface area contributed by atoms with Crippen molar-refractivity contribution >= 4 is 0 Å². The van der Waals surface area contributed by atoms with Crippen LogP contribution in [-0.2, 0) is 0 Å². The van der Waals surface area contributed by atoms with Crippen molar-refractivity contribution in [1.82, 2.24) is 15.1 Å². The number of nitrogens with zero attached hydrogens (tertiary/aromatic N) is 2. The Morgan fingerprint density at radius 2 is 2.25 bits per heavy atom. The van der Waals surface area contributed by atoms with Crippen molar-refractivity contribution in [1.29, 1.82) is 0 Å². The molecule has 1 N–H and O–H groups in total. The Labute approximate surface area is 100 Å². The summed E-state index contributed by atoms with van der Waals surface area (Å²) in [6.45, 7) is 9.84. The first kappa shape index (κ1) is 13.5. The van der Waals surface area contributed by atoms with Gasteiger partial charge < -0.3 is 10.2 Å². The molecule has 2 unspecified atom stereocenters. The highest BCUT2D eigenvalue weighted by atomic mass is 15.3. The van der Waals surface area contributed by atoms with Crippen LogP contribution in [0.25, 0.3) is 0 Å². The van der Waals surface area contributed by atoms with Gasteiger partial charge in [-0.15, -0.1) is 6.42 Å². The van der Waals surface area contributed by atoms with E-state index >= 15 is 0 Å². The van der Waals surface area contributed by atoms with Crippen LogP contribution in [0.1, 0.15) is 20.3 Å². The summed E-state index contributed by atoms with van der Waals surface area (Å²) in [4.78, 5) is 5.01. The van der Waals surface area contributed by atoms with Crippen LogP contribution in [-0.4, -0.2) is 61.7 Å². The van der Waals surface area contributed by atoms with Gasteiger partial charge in [0.15, 0.2) is 0 Å². The smallest absolute Gasteiger partial charge is 0.0574 e. The maximum Gasteiger partial charge on any atom is 0.0574 e. The molecule has 0 aromatic carbocycles. The Morgan fingerprint density at radius 1 is 1.50 bits per heavy atom. The van der Waals surface area contributed by atoms with Crippen molar-refractivity contribution in [3.63, 3.8) is 0 Å². The summed E-state index contributed by atoms with van der Waals surface area (Å²) >= 11 is 0. The SMILES string of the molecule is C#CCNCC(C)N1CCCN(C)CC1C. The fraction of sp³-hybridized carbons (Fsp3) is 0.846. The van der Waals surface area contributed by atoms with E-state index in [-0.39, 0.29) is 0 Å². The van der Waals surface area contributed by atoms with Crippen molar-refractivity contribution in [3.05, 3.63) is 0 Å². The van der Waals surface area contributed by atoms with Gasteiger partial charge in [-0.2, -0.15) is 0 Å². The molecule has 0 bridgehead atoms. The molecule has 0 radical (unpaired) electrons. The molecule has 92 valence electrons. The molecule has 3 nitrogen and oxygen atoms in total. The Kier molecular flexibility index (Phi) is 5.83. The molecule has 1 rings (SSSR count). The van der Waals surface area contributed by atoms with Gasteiger partial charge in [0.05, 0.1) is 6.54 Å². The van der Waals surface area contributed by atoms with E-state index < -0.39 is 0 Å². The summed E-state index contributed by atoms with van der Waals surface area (Å²) in [7, 11) is 2.21. The monoisotopic (exact) mass is 223 g/mol. The third-order valence-corrected chi connectivity index (χ3v) is 3.33. The zero-order valence-corrected chi connectivity index (χ0v) is 10.9. The highest BCUT2D eigenvalue weighted by Gasteiger charge is 2.23. The maximum atomic E-state index is 5.23. The van der Waals surface area contributed by atoms with Crippen LogP contribution in [0, 0.1) is 12.3 Å². The van der Waals surface area contributed by atoms with Gasteiger partial charge in [0.25, 0.3) is 0 Å². The number of hydrogen-bond acceptors (Lipinski definition) is 3. The average molecular weight is 223 g/mol. The molecule has 1 aliphatic rings. The molecule has 1 saturated heterocycles. The van der Waals surface area contributed by atoms with Gasteiger partial charge in [-0.05, 0) is 33.9 Å². The zero-order valence-electron chi connectivity index (χ0n) is 10.9. The maximum absolute atomic E-state index is 5.23. The topological polar surface area (TPSA) is 18.5 Å². The predicted molar refractivity (Wildman–Crippen MR) is 69.4 cm³/mol.